The normalized spacial score (nSPS) is 12.7. The third kappa shape index (κ3) is 73.2. The van der Waals surface area contributed by atoms with Crippen LogP contribution in [0.2, 0.25) is 0 Å². The first-order valence-electron chi connectivity index (χ1n) is 40.0. The molecular formula is C81H156NO8+. The third-order valence-electron chi connectivity index (χ3n) is 18.5. The molecule has 0 bridgehead atoms. The van der Waals surface area contributed by atoms with E-state index in [0.29, 0.717) is 17.4 Å². The highest BCUT2D eigenvalue weighted by Crippen LogP contribution is 2.20. The lowest BCUT2D eigenvalue weighted by molar-refractivity contribution is -0.870. The summed E-state index contributed by atoms with van der Waals surface area (Å²) >= 11 is 0. The summed E-state index contributed by atoms with van der Waals surface area (Å²) in [7, 11) is 6.00. The van der Waals surface area contributed by atoms with Crippen molar-refractivity contribution < 1.29 is 42.9 Å². The zero-order valence-electron chi connectivity index (χ0n) is 61.1. The highest BCUT2D eigenvalue weighted by atomic mass is 16.7. The quantitative estimate of drug-likeness (QED) is 0.0211. The highest BCUT2D eigenvalue weighted by molar-refractivity contribution is 5.71. The van der Waals surface area contributed by atoms with Crippen molar-refractivity contribution in [2.75, 3.05) is 47.5 Å². The van der Waals surface area contributed by atoms with Gasteiger partial charge in [0.2, 0.25) is 0 Å². The summed E-state index contributed by atoms with van der Waals surface area (Å²) in [5, 5.41) is 9.77. The number of aliphatic carboxylic acids is 1. The number of carboxylic acids is 1. The van der Waals surface area contributed by atoms with Gasteiger partial charge in [-0.2, -0.15) is 0 Å². The zero-order chi connectivity index (χ0) is 65.4. The van der Waals surface area contributed by atoms with Crippen LogP contribution in [0.1, 0.15) is 418 Å². The Bertz CT molecular complexity index is 1530. The molecule has 1 N–H and O–H groups in total. The van der Waals surface area contributed by atoms with Crippen molar-refractivity contribution in [2.24, 2.45) is 0 Å². The molecule has 532 valence electrons. The number of quaternary nitrogens is 1. The fourth-order valence-corrected chi connectivity index (χ4v) is 12.3. The van der Waals surface area contributed by atoms with E-state index >= 15 is 0 Å². The number of carbonyl (C=O) groups is 3. The molecule has 0 aromatic carbocycles. The molecule has 0 aliphatic carbocycles. The minimum absolute atomic E-state index is 0.175. The second-order valence-corrected chi connectivity index (χ2v) is 28.7. The number of likely N-dealkylation sites (N-methyl/N-ethyl adjacent to an activating group) is 1. The summed E-state index contributed by atoms with van der Waals surface area (Å²) in [5.41, 5.74) is 0. The number of rotatable bonds is 76. The minimum atomic E-state index is -1.51. The molecule has 0 rings (SSSR count). The van der Waals surface area contributed by atoms with Crippen molar-refractivity contribution in [1.29, 1.82) is 0 Å². The molecule has 0 spiro atoms. The van der Waals surface area contributed by atoms with Crippen LogP contribution in [0, 0.1) is 0 Å². The van der Waals surface area contributed by atoms with Gasteiger partial charge in [0, 0.05) is 12.8 Å². The first-order chi connectivity index (χ1) is 44.1. The molecule has 2 atom stereocenters. The number of carboxylic acid groups (broad SMARTS) is 1. The Morgan fingerprint density at radius 1 is 0.333 bits per heavy atom. The number of hydrogen-bond donors (Lipinski definition) is 1. The molecule has 90 heavy (non-hydrogen) atoms. The van der Waals surface area contributed by atoms with Gasteiger partial charge in [0.15, 0.2) is 6.10 Å². The molecule has 0 aromatic rings. The predicted octanol–water partition coefficient (Wildman–Crippen LogP) is 25.3. The van der Waals surface area contributed by atoms with Gasteiger partial charge in [0.05, 0.1) is 34.4 Å². The Morgan fingerprint density at radius 3 is 0.878 bits per heavy atom. The summed E-state index contributed by atoms with van der Waals surface area (Å²) < 4.78 is 23.1. The Morgan fingerprint density at radius 2 is 0.600 bits per heavy atom. The maximum absolute atomic E-state index is 13.0. The van der Waals surface area contributed by atoms with E-state index in [9.17, 15) is 19.5 Å². The number of allylic oxidation sites excluding steroid dienone is 4. The molecule has 0 aromatic heterocycles. The van der Waals surface area contributed by atoms with Crippen molar-refractivity contribution in [2.45, 2.75) is 431 Å². The van der Waals surface area contributed by atoms with Gasteiger partial charge in [-0.1, -0.05) is 385 Å². The Kier molecular flexibility index (Phi) is 70.8. The van der Waals surface area contributed by atoms with E-state index in [2.05, 4.69) is 38.2 Å². The monoisotopic (exact) mass is 1270 g/mol. The van der Waals surface area contributed by atoms with Crippen molar-refractivity contribution in [3.8, 4) is 0 Å². The summed E-state index contributed by atoms with van der Waals surface area (Å²) in [4.78, 5) is 37.7. The van der Waals surface area contributed by atoms with E-state index in [1.807, 2.05) is 21.1 Å². The van der Waals surface area contributed by atoms with E-state index < -0.39 is 18.4 Å². The molecule has 0 aliphatic rings. The largest absolute Gasteiger partial charge is 0.477 e. The third-order valence-corrected chi connectivity index (χ3v) is 18.5. The molecule has 0 amide bonds. The molecule has 0 heterocycles. The summed E-state index contributed by atoms with van der Waals surface area (Å²) in [6.07, 6.45) is 89.1. The summed E-state index contributed by atoms with van der Waals surface area (Å²) in [5.74, 6) is -1.97. The lowest BCUT2D eigenvalue weighted by Crippen LogP contribution is -2.40. The van der Waals surface area contributed by atoms with Gasteiger partial charge in [-0.25, -0.2) is 4.79 Å². The highest BCUT2D eigenvalue weighted by Gasteiger charge is 2.25. The van der Waals surface area contributed by atoms with Gasteiger partial charge in [-0.15, -0.1) is 0 Å². The van der Waals surface area contributed by atoms with Crippen LogP contribution in [0.5, 0.6) is 0 Å². The van der Waals surface area contributed by atoms with Gasteiger partial charge in [0.1, 0.15) is 13.2 Å². The molecule has 9 nitrogen and oxygen atoms in total. The number of hydrogen-bond acceptors (Lipinski definition) is 7. The van der Waals surface area contributed by atoms with Crippen LogP contribution in [0.4, 0.5) is 0 Å². The maximum Gasteiger partial charge on any atom is 0.361 e. The van der Waals surface area contributed by atoms with Crippen LogP contribution >= 0.6 is 0 Å². The first-order valence-corrected chi connectivity index (χ1v) is 40.0. The smallest absolute Gasteiger partial charge is 0.361 e. The van der Waals surface area contributed by atoms with E-state index in [1.165, 1.54) is 347 Å². The van der Waals surface area contributed by atoms with E-state index in [4.69, 9.17) is 18.9 Å². The van der Waals surface area contributed by atoms with Crippen LogP contribution in [0.15, 0.2) is 24.3 Å². The number of esters is 2. The Balaban J connectivity index is 3.95. The number of unbranched alkanes of at least 4 members (excludes halogenated alkanes) is 57. The summed E-state index contributed by atoms with van der Waals surface area (Å²) in [6, 6.07) is 0. The van der Waals surface area contributed by atoms with Gasteiger partial charge in [-0.05, 0) is 44.9 Å². The fourth-order valence-electron chi connectivity index (χ4n) is 12.3. The number of carbonyl (C=O) groups excluding carboxylic acids is 2. The fraction of sp³-hybridized carbons (Fsp3) is 0.914. The lowest BCUT2D eigenvalue weighted by atomic mass is 10.0. The molecule has 9 heteroatoms. The van der Waals surface area contributed by atoms with Crippen molar-refractivity contribution in [3.05, 3.63) is 24.3 Å². The average Bonchev–Trinajstić information content (AvgIpc) is 3.74. The van der Waals surface area contributed by atoms with Gasteiger partial charge in [0.25, 0.3) is 6.29 Å². The van der Waals surface area contributed by atoms with Crippen LogP contribution in [-0.4, -0.2) is 87.4 Å². The second-order valence-electron chi connectivity index (χ2n) is 28.7. The SMILES string of the molecule is CCCCCCC/C=C\C/C=C\CCCCCCCCCCCCCCCCCCCC(=O)OC(COC(=O)CCCCCCCCCCCCCCCCCCCCCCCCCCCCCCCCCCCCCC)COC(OCC[N+](C)(C)C)C(=O)O. The van der Waals surface area contributed by atoms with Crippen LogP contribution in [0.25, 0.3) is 0 Å². The predicted molar refractivity (Wildman–Crippen MR) is 388 cm³/mol. The average molecular weight is 1270 g/mol. The van der Waals surface area contributed by atoms with Gasteiger partial charge >= 0.3 is 17.9 Å². The van der Waals surface area contributed by atoms with Crippen LogP contribution in [0.3, 0.4) is 0 Å². The molecule has 0 saturated heterocycles. The van der Waals surface area contributed by atoms with E-state index in [0.717, 1.165) is 44.9 Å². The molecule has 0 fully saturated rings. The molecular weight excluding hydrogens is 1110 g/mol. The molecule has 2 unspecified atom stereocenters. The Labute approximate surface area is 560 Å². The van der Waals surface area contributed by atoms with E-state index in [1.54, 1.807) is 0 Å². The topological polar surface area (TPSA) is 108 Å². The van der Waals surface area contributed by atoms with Crippen molar-refractivity contribution in [3.63, 3.8) is 0 Å². The molecule has 0 aliphatic heterocycles. The first kappa shape index (κ1) is 87.8. The van der Waals surface area contributed by atoms with Crippen molar-refractivity contribution >= 4 is 17.9 Å². The Hall–Kier alpha value is -2.23. The number of nitrogens with zero attached hydrogens (tertiary/aromatic N) is 1. The van der Waals surface area contributed by atoms with Crippen LogP contribution in [-0.2, 0) is 33.3 Å². The minimum Gasteiger partial charge on any atom is -0.477 e. The lowest BCUT2D eigenvalue weighted by Gasteiger charge is -2.25. The van der Waals surface area contributed by atoms with E-state index in [-0.39, 0.29) is 38.2 Å². The maximum atomic E-state index is 13.0. The molecule has 0 radical (unpaired) electrons. The van der Waals surface area contributed by atoms with Crippen LogP contribution < -0.4 is 0 Å². The standard InChI is InChI=1S/C81H155NO8/c1-6-8-10-12-14-16-18-20-22-24-26-28-30-32-34-36-37-38-39-40-41-42-44-45-47-49-51-53-55-57-59-61-63-65-67-69-71-78(83)88-75-77(76-89-81(80(85)86)87-74-73-82(3,4)5)90-79(84)72-70-68-66-64-62-60-58-56-54-52-50-48-46-43-35-33-31-29-27-25-23-21-19-17-15-13-11-9-7-2/h19,21,25,27,77,81H,6-18,20,22-24,26,28-76H2,1-5H3/p+1/b21-19-,27-25-. The summed E-state index contributed by atoms with van der Waals surface area (Å²) in [6.45, 7) is 4.95. The van der Waals surface area contributed by atoms with Crippen molar-refractivity contribution in [1.82, 2.24) is 0 Å². The molecule has 0 saturated carbocycles. The van der Waals surface area contributed by atoms with Gasteiger partial charge in [-0.3, -0.25) is 9.59 Å². The van der Waals surface area contributed by atoms with Gasteiger partial charge < -0.3 is 28.5 Å². The second kappa shape index (κ2) is 72.6. The number of ether oxygens (including phenoxy) is 4. The zero-order valence-corrected chi connectivity index (χ0v) is 61.1.